The first-order valence-electron chi connectivity index (χ1n) is 6.50. The van der Waals surface area contributed by atoms with Crippen molar-refractivity contribution in [2.24, 2.45) is 0 Å². The first-order valence-corrected chi connectivity index (χ1v) is 11.4. The second-order valence-corrected chi connectivity index (χ2v) is 8.99. The number of hydrogen-bond donors (Lipinski definition) is 9. The number of phosphoric acid groups is 2. The molecule has 0 radical (unpaired) electrons. The fourth-order valence-electron chi connectivity index (χ4n) is 0.975. The molecule has 0 aliphatic heterocycles. The summed E-state index contributed by atoms with van der Waals surface area (Å²) in [7, 11) is -10.1. The summed E-state index contributed by atoms with van der Waals surface area (Å²) >= 11 is 27.9. The third kappa shape index (κ3) is 13.6. The van der Waals surface area contributed by atoms with E-state index in [9.17, 15) is 14.2 Å². The minimum Gasteiger partial charge on any atom is -0.505 e. The van der Waals surface area contributed by atoms with Crippen LogP contribution in [-0.2, 0) is 13.4 Å². The molecule has 12 nitrogen and oxygen atoms in total. The number of halogens is 5. The van der Waals surface area contributed by atoms with Gasteiger partial charge in [-0.05, 0) is 0 Å². The Morgan fingerprint density at radius 1 is 0.690 bits per heavy atom. The summed E-state index contributed by atoms with van der Waals surface area (Å²) in [6.45, 7) is -1.05. The largest absolute Gasteiger partial charge is 0.505 e. The maximum absolute atomic E-state index is 9.63. The fraction of sp³-hybridized carbons (Fsp3) is 0.400. The normalized spacial score (nSPS) is 13.6. The van der Waals surface area contributed by atoms with Gasteiger partial charge in [0.2, 0.25) is 0 Å². The molecule has 0 bridgehead atoms. The number of phenols is 1. The summed E-state index contributed by atoms with van der Waals surface area (Å²) in [5, 5.41) is 42.2. The van der Waals surface area contributed by atoms with Crippen LogP contribution in [0.1, 0.15) is 0 Å². The van der Waals surface area contributed by atoms with Crippen LogP contribution < -0.4 is 0 Å². The zero-order valence-corrected chi connectivity index (χ0v) is 19.2. The third-order valence-corrected chi connectivity index (χ3v) is 6.18. The highest BCUT2D eigenvalue weighted by Gasteiger charge is 2.28. The van der Waals surface area contributed by atoms with Crippen LogP contribution in [0, 0.1) is 0 Å². The highest BCUT2D eigenvalue weighted by Crippen LogP contribution is 2.53. The summed E-state index contributed by atoms with van der Waals surface area (Å²) in [6.07, 6.45) is -2.44. The number of phenolic OH excluding ortho intramolecular Hbond substituents is 1. The van der Waals surface area contributed by atoms with E-state index in [1.165, 1.54) is 0 Å². The Hall–Kier alpha value is 0.570. The van der Waals surface area contributed by atoms with Gasteiger partial charge in [-0.3, -0.25) is 0 Å². The molecule has 29 heavy (non-hydrogen) atoms. The van der Waals surface area contributed by atoms with Crippen LogP contribution in [-0.4, -0.2) is 70.5 Å². The molecule has 0 aromatic heterocycles. The van der Waals surface area contributed by atoms with Crippen molar-refractivity contribution in [3.05, 3.63) is 25.1 Å². The Balaban J connectivity index is 0. The second kappa shape index (κ2) is 13.9. The van der Waals surface area contributed by atoms with Gasteiger partial charge in [0, 0.05) is 0 Å². The van der Waals surface area contributed by atoms with Gasteiger partial charge < -0.3 is 45.1 Å². The zero-order chi connectivity index (χ0) is 23.7. The van der Waals surface area contributed by atoms with E-state index in [0.29, 0.717) is 0 Å². The summed E-state index contributed by atoms with van der Waals surface area (Å²) in [5.41, 5.74) is 0. The van der Waals surface area contributed by atoms with Crippen molar-refractivity contribution in [1.29, 1.82) is 0 Å². The Morgan fingerprint density at radius 3 is 1.10 bits per heavy atom. The van der Waals surface area contributed by atoms with E-state index in [1.54, 1.807) is 0 Å². The van der Waals surface area contributed by atoms with Crippen molar-refractivity contribution < 1.29 is 58.5 Å². The molecule has 0 spiro atoms. The zero-order valence-electron chi connectivity index (χ0n) is 13.6. The molecule has 2 atom stereocenters. The highest BCUT2D eigenvalue weighted by molar-refractivity contribution is 7.60. The molecule has 0 saturated heterocycles. The molecule has 2 unspecified atom stereocenters. The monoisotopic (exact) mass is 564 g/mol. The Kier molecular flexibility index (Phi) is 15.2. The van der Waals surface area contributed by atoms with Gasteiger partial charge in [-0.25, -0.2) is 9.13 Å². The number of rotatable bonds is 5. The smallest absolute Gasteiger partial charge is 0.478 e. The van der Waals surface area contributed by atoms with Crippen LogP contribution in [0.2, 0.25) is 25.1 Å². The van der Waals surface area contributed by atoms with Crippen molar-refractivity contribution in [3.8, 4) is 5.75 Å². The molecule has 19 heteroatoms. The maximum Gasteiger partial charge on any atom is 0.478 e. The molecule has 172 valence electrons. The van der Waals surface area contributed by atoms with Crippen LogP contribution >= 0.6 is 73.7 Å². The fourth-order valence-corrected chi connectivity index (χ4v) is 3.21. The molecule has 9 N–H and O–H groups in total. The lowest BCUT2D eigenvalue weighted by atomic mass is 10.2. The number of benzene rings is 1. The predicted molar refractivity (Wildman–Crippen MR) is 105 cm³/mol. The lowest BCUT2D eigenvalue weighted by molar-refractivity contribution is -0.0388. The highest BCUT2D eigenvalue weighted by atomic mass is 35.5. The molecule has 0 amide bonds. The van der Waals surface area contributed by atoms with Crippen LogP contribution in [0.4, 0.5) is 0 Å². The van der Waals surface area contributed by atoms with Crippen LogP contribution in [0.5, 0.6) is 5.75 Å². The van der Waals surface area contributed by atoms with E-state index < -0.39 is 41.1 Å². The molecule has 1 aromatic carbocycles. The van der Waals surface area contributed by atoms with Crippen molar-refractivity contribution in [2.45, 2.75) is 12.2 Å². The minimum atomic E-state index is -5.05. The molecule has 1 rings (SSSR count). The van der Waals surface area contributed by atoms with Crippen molar-refractivity contribution in [2.75, 3.05) is 13.2 Å². The molecule has 0 fully saturated rings. The molecule has 0 saturated carbocycles. The molecule has 0 aliphatic carbocycles. The quantitative estimate of drug-likeness (QED) is 0.141. The van der Waals surface area contributed by atoms with Gasteiger partial charge in [0.05, 0.1) is 28.3 Å². The lowest BCUT2D eigenvalue weighted by Crippen LogP contribution is -2.31. The average molecular weight is 566 g/mol. The average Bonchev–Trinajstić information content (AvgIpc) is 2.59. The summed E-state index contributed by atoms with van der Waals surface area (Å²) in [5.74, 6) is -0.363. The molecule has 0 heterocycles. The molecular weight excluding hydrogens is 551 g/mol. The van der Waals surface area contributed by atoms with E-state index in [4.69, 9.17) is 98.0 Å². The number of hydrogen-bond acceptors (Lipinski definition) is 8. The number of aromatic hydroxyl groups is 1. The first-order chi connectivity index (χ1) is 12.9. The minimum absolute atomic E-state index is 0.00904. The second-order valence-electron chi connectivity index (χ2n) is 4.48. The van der Waals surface area contributed by atoms with E-state index in [-0.39, 0.29) is 30.9 Å². The van der Waals surface area contributed by atoms with Gasteiger partial charge in [0.25, 0.3) is 0 Å². The van der Waals surface area contributed by atoms with Gasteiger partial charge in [0.15, 0.2) is 5.75 Å². The molecule has 0 aliphatic rings. The SMILES string of the molecule is O=P(O)(O)OP(=O)(O)O.OCC(O)C(O)CO.Oc1c(Cl)c(Cl)c(Cl)c(Cl)c1Cl. The molecule has 1 aromatic rings. The van der Waals surface area contributed by atoms with Crippen molar-refractivity contribution >= 4 is 73.7 Å². The van der Waals surface area contributed by atoms with Crippen molar-refractivity contribution in [1.82, 2.24) is 0 Å². The Morgan fingerprint density at radius 2 is 0.931 bits per heavy atom. The maximum atomic E-state index is 9.63. The van der Waals surface area contributed by atoms with E-state index in [1.807, 2.05) is 0 Å². The van der Waals surface area contributed by atoms with E-state index in [0.717, 1.165) is 0 Å². The van der Waals surface area contributed by atoms with Gasteiger partial charge in [-0.15, -0.1) is 0 Å². The van der Waals surface area contributed by atoms with Gasteiger partial charge in [-0.2, -0.15) is 4.31 Å². The third-order valence-electron chi connectivity index (χ3n) is 2.22. The Bertz CT molecular complexity index is 620. The van der Waals surface area contributed by atoms with Crippen LogP contribution in [0.25, 0.3) is 0 Å². The predicted octanol–water partition coefficient (Wildman–Crippen LogP) is 1.54. The Labute approximate surface area is 188 Å². The topological polar surface area (TPSA) is 225 Å². The number of aliphatic hydroxyl groups is 4. The summed E-state index contributed by atoms with van der Waals surface area (Å²) in [6, 6.07) is 0. The van der Waals surface area contributed by atoms with Gasteiger partial charge in [0.1, 0.15) is 22.3 Å². The van der Waals surface area contributed by atoms with E-state index >= 15 is 0 Å². The van der Waals surface area contributed by atoms with Gasteiger partial charge >= 0.3 is 15.6 Å². The first kappa shape index (κ1) is 31.8. The van der Waals surface area contributed by atoms with E-state index in [2.05, 4.69) is 4.31 Å². The van der Waals surface area contributed by atoms with Crippen LogP contribution in [0.3, 0.4) is 0 Å². The standard InChI is InChI=1S/C6HCl5O.C4H10O4.H4O7P2/c7-1-2(8)4(10)6(12)5(11)3(1)9;5-1-3(7)4(8)2-6;1-8(2,3)7-9(4,5)6/h12H;3-8H,1-2H2;(H2,1,2,3)(H2,4,5,6). The molecular formula is C10H15Cl5O12P2. The lowest BCUT2D eigenvalue weighted by Gasteiger charge is -2.10. The summed E-state index contributed by atoms with van der Waals surface area (Å²) < 4.78 is 22.2. The summed E-state index contributed by atoms with van der Waals surface area (Å²) in [4.78, 5) is 31.0. The number of aliphatic hydroxyl groups excluding tert-OH is 4. The van der Waals surface area contributed by atoms with Crippen LogP contribution in [0.15, 0.2) is 0 Å². The van der Waals surface area contributed by atoms with Crippen molar-refractivity contribution in [3.63, 3.8) is 0 Å². The van der Waals surface area contributed by atoms with Gasteiger partial charge in [-0.1, -0.05) is 58.0 Å².